The maximum Gasteiger partial charge on any atom is 0.139 e. The molecule has 0 saturated carbocycles. The highest BCUT2D eigenvalue weighted by atomic mass is 15.1. The second-order valence-electron chi connectivity index (χ2n) is 5.28. The largest absolute Gasteiger partial charge is 0.386 e. The zero-order valence-corrected chi connectivity index (χ0v) is 13.6. The first kappa shape index (κ1) is 15.6. The predicted octanol–water partition coefficient (Wildman–Crippen LogP) is 2.10. The van der Waals surface area contributed by atoms with Gasteiger partial charge in [-0.25, -0.2) is 4.98 Å². The molecule has 120 valence electrons. The predicted molar refractivity (Wildman–Crippen MR) is 100 cm³/mol. The number of pyridine rings is 1. The minimum absolute atomic E-state index is 0.400. The lowest BCUT2D eigenvalue weighted by Gasteiger charge is -2.08. The Morgan fingerprint density at radius 2 is 2.08 bits per heavy atom. The molecule has 1 aromatic heterocycles. The molecule has 1 aromatic carbocycles. The number of nitrogen functional groups attached to an aromatic ring is 1. The van der Waals surface area contributed by atoms with E-state index >= 15 is 0 Å². The molecule has 3 rings (SSSR count). The zero-order chi connectivity index (χ0) is 16.9. The summed E-state index contributed by atoms with van der Waals surface area (Å²) in [7, 11) is 1.83. The van der Waals surface area contributed by atoms with Gasteiger partial charge >= 0.3 is 0 Å². The summed E-state index contributed by atoms with van der Waals surface area (Å²) in [5, 5.41) is 6.33. The van der Waals surface area contributed by atoms with E-state index in [2.05, 4.69) is 39.0 Å². The zero-order valence-electron chi connectivity index (χ0n) is 13.6. The molecule has 0 amide bonds. The van der Waals surface area contributed by atoms with Gasteiger partial charge in [0.2, 0.25) is 0 Å². The summed E-state index contributed by atoms with van der Waals surface area (Å²) in [5.41, 5.74) is 10.3. The van der Waals surface area contributed by atoms with Gasteiger partial charge in [0.15, 0.2) is 0 Å². The average Bonchev–Trinajstić information content (AvgIpc) is 3.15. The van der Waals surface area contributed by atoms with Crippen LogP contribution in [0.2, 0.25) is 0 Å². The first-order valence-electron chi connectivity index (χ1n) is 7.72. The summed E-state index contributed by atoms with van der Waals surface area (Å²) in [4.78, 5) is 8.59. The molecule has 4 N–H and O–H groups in total. The Morgan fingerprint density at radius 1 is 1.29 bits per heavy atom. The molecule has 5 nitrogen and oxygen atoms in total. The quantitative estimate of drug-likeness (QED) is 0.758. The molecule has 2 aromatic rings. The molecule has 0 aliphatic carbocycles. The van der Waals surface area contributed by atoms with Crippen LogP contribution in [0, 0.1) is 11.8 Å². The van der Waals surface area contributed by atoms with Gasteiger partial charge in [0.05, 0.1) is 24.0 Å². The number of amidine groups is 1. The first-order chi connectivity index (χ1) is 11.7. The Hall–Kier alpha value is -3.26. The van der Waals surface area contributed by atoms with Gasteiger partial charge < -0.3 is 16.4 Å². The molecule has 0 saturated heterocycles. The number of aromatic nitrogens is 1. The van der Waals surface area contributed by atoms with Gasteiger partial charge in [-0.2, -0.15) is 0 Å². The standard InChI is InChI=1S/C19H19N5/c1-3-15-16(18(20)24-12-17(15)21-2)9-6-13-4-7-14(8-5-13)19-22-10-11-23-19/h3-5,7-8,12,21H,1,10-11H2,2H3,(H2,20,24)(H,22,23). The Balaban J connectivity index is 1.91. The van der Waals surface area contributed by atoms with E-state index in [1.165, 1.54) is 0 Å². The third-order valence-electron chi connectivity index (χ3n) is 3.79. The SMILES string of the molecule is C=Cc1c(NC)cnc(N)c1C#Cc1ccc(C2=NCCN2)cc1. The Labute approximate surface area is 141 Å². The number of nitrogens with two attached hydrogens (primary N) is 1. The average molecular weight is 317 g/mol. The van der Waals surface area contributed by atoms with Crippen LogP contribution in [0.1, 0.15) is 22.3 Å². The minimum Gasteiger partial charge on any atom is -0.386 e. The molecule has 0 spiro atoms. The lowest BCUT2D eigenvalue weighted by molar-refractivity contribution is 0.960. The van der Waals surface area contributed by atoms with Crippen LogP contribution < -0.4 is 16.4 Å². The molecule has 0 bridgehead atoms. The van der Waals surface area contributed by atoms with Crippen LogP contribution in [0.3, 0.4) is 0 Å². The third kappa shape index (κ3) is 3.08. The first-order valence-corrected chi connectivity index (χ1v) is 7.72. The molecule has 0 unspecified atom stereocenters. The molecule has 1 aliphatic rings. The van der Waals surface area contributed by atoms with Crippen LogP contribution in [-0.4, -0.2) is 31.0 Å². The van der Waals surface area contributed by atoms with Crippen molar-refractivity contribution in [2.24, 2.45) is 4.99 Å². The number of benzene rings is 1. The van der Waals surface area contributed by atoms with Gasteiger partial charge in [-0.05, 0) is 12.1 Å². The lowest BCUT2D eigenvalue weighted by atomic mass is 10.1. The van der Waals surface area contributed by atoms with Crippen molar-refractivity contribution in [3.63, 3.8) is 0 Å². The highest BCUT2D eigenvalue weighted by Crippen LogP contribution is 2.23. The van der Waals surface area contributed by atoms with Crippen molar-refractivity contribution in [2.75, 3.05) is 31.2 Å². The van der Waals surface area contributed by atoms with Gasteiger partial charge in [-0.15, -0.1) is 0 Å². The van der Waals surface area contributed by atoms with E-state index in [0.717, 1.165) is 41.3 Å². The van der Waals surface area contributed by atoms with Crippen molar-refractivity contribution in [1.82, 2.24) is 10.3 Å². The number of hydrogen-bond acceptors (Lipinski definition) is 5. The van der Waals surface area contributed by atoms with Crippen molar-refractivity contribution in [1.29, 1.82) is 0 Å². The number of anilines is 2. The van der Waals surface area contributed by atoms with E-state index < -0.39 is 0 Å². The highest BCUT2D eigenvalue weighted by molar-refractivity contribution is 5.99. The second kappa shape index (κ2) is 6.88. The summed E-state index contributed by atoms with van der Waals surface area (Å²) >= 11 is 0. The van der Waals surface area contributed by atoms with E-state index in [1.807, 2.05) is 31.3 Å². The van der Waals surface area contributed by atoms with Gasteiger partial charge in [0.25, 0.3) is 0 Å². The van der Waals surface area contributed by atoms with E-state index in [9.17, 15) is 0 Å². The van der Waals surface area contributed by atoms with Gasteiger partial charge in [0, 0.05) is 30.3 Å². The molecular formula is C19H19N5. The van der Waals surface area contributed by atoms with Gasteiger partial charge in [-0.3, -0.25) is 4.99 Å². The van der Waals surface area contributed by atoms with E-state index in [0.29, 0.717) is 11.4 Å². The summed E-state index contributed by atoms with van der Waals surface area (Å²) in [5.74, 6) is 7.60. The molecule has 24 heavy (non-hydrogen) atoms. The van der Waals surface area contributed by atoms with Gasteiger partial charge in [0.1, 0.15) is 11.7 Å². The Kier molecular flexibility index (Phi) is 4.48. The van der Waals surface area contributed by atoms with E-state index in [4.69, 9.17) is 5.73 Å². The molecular weight excluding hydrogens is 298 g/mol. The van der Waals surface area contributed by atoms with Crippen LogP contribution in [-0.2, 0) is 0 Å². The van der Waals surface area contributed by atoms with E-state index in [-0.39, 0.29) is 0 Å². The summed E-state index contributed by atoms with van der Waals surface area (Å²) in [6, 6.07) is 7.98. The number of aliphatic imine (C=N–C) groups is 1. The summed E-state index contributed by atoms with van der Waals surface area (Å²) in [6.45, 7) is 5.57. The van der Waals surface area contributed by atoms with Crippen LogP contribution >= 0.6 is 0 Å². The number of nitrogens with zero attached hydrogens (tertiary/aromatic N) is 2. The van der Waals surface area contributed by atoms with Crippen molar-refractivity contribution >= 4 is 23.4 Å². The smallest absolute Gasteiger partial charge is 0.139 e. The second-order valence-corrected chi connectivity index (χ2v) is 5.28. The fourth-order valence-corrected chi connectivity index (χ4v) is 2.52. The molecule has 2 heterocycles. The highest BCUT2D eigenvalue weighted by Gasteiger charge is 2.08. The maximum absolute atomic E-state index is 5.98. The number of hydrogen-bond donors (Lipinski definition) is 3. The van der Waals surface area contributed by atoms with Crippen LogP contribution in [0.25, 0.3) is 6.08 Å². The monoisotopic (exact) mass is 317 g/mol. The van der Waals surface area contributed by atoms with Crippen molar-refractivity contribution in [3.8, 4) is 11.8 Å². The normalized spacial score (nSPS) is 12.6. The topological polar surface area (TPSA) is 75.3 Å². The third-order valence-corrected chi connectivity index (χ3v) is 3.79. The van der Waals surface area contributed by atoms with Crippen molar-refractivity contribution < 1.29 is 0 Å². The van der Waals surface area contributed by atoms with Crippen molar-refractivity contribution in [3.05, 3.63) is 59.3 Å². The maximum atomic E-state index is 5.98. The fraction of sp³-hybridized carbons (Fsp3) is 0.158. The summed E-state index contributed by atoms with van der Waals surface area (Å²) in [6.07, 6.45) is 3.42. The van der Waals surface area contributed by atoms with Crippen molar-refractivity contribution in [2.45, 2.75) is 0 Å². The number of rotatable bonds is 3. The minimum atomic E-state index is 0.400. The summed E-state index contributed by atoms with van der Waals surface area (Å²) < 4.78 is 0. The number of nitrogens with one attached hydrogen (secondary N) is 2. The van der Waals surface area contributed by atoms with Crippen LogP contribution in [0.5, 0.6) is 0 Å². The Morgan fingerprint density at radius 3 is 2.71 bits per heavy atom. The molecule has 0 fully saturated rings. The van der Waals surface area contributed by atoms with E-state index in [1.54, 1.807) is 12.3 Å². The molecule has 0 radical (unpaired) electrons. The lowest BCUT2D eigenvalue weighted by Crippen LogP contribution is -2.19. The Bertz CT molecular complexity index is 854. The van der Waals surface area contributed by atoms with Crippen LogP contribution in [0.15, 0.2) is 42.0 Å². The molecule has 5 heteroatoms. The molecule has 1 aliphatic heterocycles. The molecule has 0 atom stereocenters. The van der Waals surface area contributed by atoms with Crippen LogP contribution in [0.4, 0.5) is 11.5 Å². The fourth-order valence-electron chi connectivity index (χ4n) is 2.52. The van der Waals surface area contributed by atoms with Gasteiger partial charge in [-0.1, -0.05) is 36.6 Å².